The van der Waals surface area contributed by atoms with Gasteiger partial charge in [-0.1, -0.05) is 12.1 Å². The van der Waals surface area contributed by atoms with Crippen LogP contribution in [0.25, 0.3) is 10.9 Å². The van der Waals surface area contributed by atoms with Crippen LogP contribution in [-0.4, -0.2) is 34.4 Å². The van der Waals surface area contributed by atoms with Gasteiger partial charge in [0.25, 0.3) is 5.56 Å². The molecule has 0 bridgehead atoms. The third-order valence-corrected chi connectivity index (χ3v) is 4.67. The summed E-state index contributed by atoms with van der Waals surface area (Å²) in [5.74, 6) is 0.400. The van der Waals surface area contributed by atoms with Crippen LogP contribution in [0.2, 0.25) is 0 Å². The predicted molar refractivity (Wildman–Crippen MR) is 101 cm³/mol. The Morgan fingerprint density at radius 3 is 3.00 bits per heavy atom. The highest BCUT2D eigenvalue weighted by molar-refractivity contribution is 7.14. The van der Waals surface area contributed by atoms with Crippen LogP contribution in [0.1, 0.15) is 17.8 Å². The highest BCUT2D eigenvalue weighted by atomic mass is 32.1. The van der Waals surface area contributed by atoms with Crippen LogP contribution in [0.5, 0.6) is 0 Å². The molecular formula is C18H17N5O2S. The van der Waals surface area contributed by atoms with E-state index in [2.05, 4.69) is 15.3 Å². The van der Waals surface area contributed by atoms with Gasteiger partial charge in [0.2, 0.25) is 5.91 Å². The van der Waals surface area contributed by atoms with Gasteiger partial charge in [0, 0.05) is 13.0 Å². The van der Waals surface area contributed by atoms with Crippen molar-refractivity contribution in [1.29, 1.82) is 5.26 Å². The molecule has 2 aromatic heterocycles. The number of H-pyrrole nitrogens is 1. The van der Waals surface area contributed by atoms with Crippen LogP contribution in [0, 0.1) is 11.3 Å². The average molecular weight is 367 g/mol. The summed E-state index contributed by atoms with van der Waals surface area (Å²) in [5, 5.41) is 14.6. The van der Waals surface area contributed by atoms with Crippen molar-refractivity contribution >= 4 is 33.1 Å². The van der Waals surface area contributed by atoms with Crippen molar-refractivity contribution in [2.24, 2.45) is 0 Å². The van der Waals surface area contributed by atoms with Crippen LogP contribution < -0.4 is 10.9 Å². The van der Waals surface area contributed by atoms with Crippen LogP contribution in [0.15, 0.2) is 40.5 Å². The van der Waals surface area contributed by atoms with E-state index in [1.54, 1.807) is 29.6 Å². The molecule has 0 aliphatic rings. The maximum Gasteiger partial charge on any atom is 0.258 e. The number of aromatic nitrogens is 2. The lowest BCUT2D eigenvalue weighted by Crippen LogP contribution is -2.26. The number of benzene rings is 1. The minimum absolute atomic E-state index is 0.157. The fraction of sp³-hybridized carbons (Fsp3) is 0.222. The third kappa shape index (κ3) is 4.14. The summed E-state index contributed by atoms with van der Waals surface area (Å²) in [6.07, 6.45) is 0.275. The molecular weight excluding hydrogens is 350 g/mol. The van der Waals surface area contributed by atoms with Crippen molar-refractivity contribution in [2.75, 3.05) is 18.9 Å². The van der Waals surface area contributed by atoms with Crippen LogP contribution in [0.3, 0.4) is 0 Å². The fourth-order valence-corrected chi connectivity index (χ4v) is 3.27. The zero-order chi connectivity index (χ0) is 18.5. The average Bonchev–Trinajstić information content (AvgIpc) is 3.07. The number of rotatable bonds is 6. The lowest BCUT2D eigenvalue weighted by molar-refractivity contribution is -0.116. The van der Waals surface area contributed by atoms with Gasteiger partial charge >= 0.3 is 0 Å². The van der Waals surface area contributed by atoms with Crippen molar-refractivity contribution in [1.82, 2.24) is 14.9 Å². The second-order valence-electron chi connectivity index (χ2n) is 5.84. The van der Waals surface area contributed by atoms with Gasteiger partial charge in [0.1, 0.15) is 16.9 Å². The van der Waals surface area contributed by atoms with E-state index < -0.39 is 0 Å². The van der Waals surface area contributed by atoms with Crippen LogP contribution >= 0.6 is 11.3 Å². The molecule has 0 atom stereocenters. The molecule has 2 N–H and O–H groups in total. The number of nitriles is 1. The van der Waals surface area contributed by atoms with Gasteiger partial charge in [-0.3, -0.25) is 14.5 Å². The highest BCUT2D eigenvalue weighted by Gasteiger charge is 2.11. The number of para-hydroxylation sites is 1. The van der Waals surface area contributed by atoms with Gasteiger partial charge in [-0.15, -0.1) is 11.3 Å². The molecule has 3 aromatic rings. The number of nitrogens with one attached hydrogen (secondary N) is 2. The quantitative estimate of drug-likeness (QED) is 0.696. The van der Waals surface area contributed by atoms with Gasteiger partial charge in [0.05, 0.1) is 23.0 Å². The lowest BCUT2D eigenvalue weighted by atomic mass is 10.2. The summed E-state index contributed by atoms with van der Waals surface area (Å²) in [6, 6.07) is 10.9. The summed E-state index contributed by atoms with van der Waals surface area (Å²) in [7, 11) is 1.86. The molecule has 2 heterocycles. The van der Waals surface area contributed by atoms with E-state index >= 15 is 0 Å². The fourth-order valence-electron chi connectivity index (χ4n) is 2.52. The van der Waals surface area contributed by atoms with E-state index in [0.717, 1.165) is 0 Å². The Hall–Kier alpha value is -3.02. The number of fused-ring (bicyclic) bond motifs is 1. The Bertz CT molecular complexity index is 1030. The second-order valence-corrected chi connectivity index (χ2v) is 6.76. The topological polar surface area (TPSA) is 102 Å². The number of carbonyl (C=O) groups excluding carboxylic acids is 1. The molecule has 1 amide bonds. The minimum Gasteiger partial charge on any atom is -0.317 e. The molecule has 1 aromatic carbocycles. The molecule has 3 rings (SSSR count). The van der Waals surface area contributed by atoms with Crippen LogP contribution in [0.4, 0.5) is 5.00 Å². The largest absolute Gasteiger partial charge is 0.317 e. The zero-order valence-corrected chi connectivity index (χ0v) is 15.0. The molecule has 0 aliphatic carbocycles. The molecule has 0 aliphatic heterocycles. The van der Waals surface area contributed by atoms with Gasteiger partial charge < -0.3 is 10.3 Å². The van der Waals surface area contributed by atoms with Gasteiger partial charge in [0.15, 0.2) is 0 Å². The van der Waals surface area contributed by atoms with Crippen molar-refractivity contribution in [3.8, 4) is 6.07 Å². The molecule has 0 unspecified atom stereocenters. The van der Waals surface area contributed by atoms with Crippen LogP contribution in [-0.2, 0) is 11.3 Å². The van der Waals surface area contributed by atoms with E-state index in [-0.39, 0.29) is 17.9 Å². The lowest BCUT2D eigenvalue weighted by Gasteiger charge is -2.15. The molecule has 26 heavy (non-hydrogen) atoms. The number of aromatic amines is 1. The van der Waals surface area contributed by atoms with Gasteiger partial charge in [-0.05, 0) is 30.6 Å². The normalized spacial score (nSPS) is 10.8. The van der Waals surface area contributed by atoms with Gasteiger partial charge in [-0.2, -0.15) is 5.26 Å². The molecule has 0 spiro atoms. The first-order chi connectivity index (χ1) is 12.6. The first-order valence-corrected chi connectivity index (χ1v) is 8.88. The number of anilines is 1. The SMILES string of the molecule is CN(CCC(=O)Nc1sccc1C#N)Cc1nc2ccccc2c(=O)[nH]1. The molecule has 7 nitrogen and oxygen atoms in total. The number of hydrogen-bond acceptors (Lipinski definition) is 6. The molecule has 0 saturated heterocycles. The van der Waals surface area contributed by atoms with E-state index in [4.69, 9.17) is 5.26 Å². The maximum atomic E-state index is 12.1. The van der Waals surface area contributed by atoms with E-state index in [9.17, 15) is 9.59 Å². The predicted octanol–water partition coefficient (Wildman–Crippen LogP) is 2.32. The first-order valence-electron chi connectivity index (χ1n) is 8.01. The Kier molecular flexibility index (Phi) is 5.41. The van der Waals surface area contributed by atoms with Crippen molar-refractivity contribution in [3.63, 3.8) is 0 Å². The highest BCUT2D eigenvalue weighted by Crippen LogP contribution is 2.22. The van der Waals surface area contributed by atoms with E-state index in [1.165, 1.54) is 11.3 Å². The van der Waals surface area contributed by atoms with Crippen molar-refractivity contribution in [3.05, 3.63) is 57.5 Å². The Labute approximate surface area is 153 Å². The standard InChI is InChI=1S/C18H17N5O2S/c1-23(8-6-16(24)22-18-12(10-19)7-9-26-18)11-15-20-14-5-3-2-4-13(14)17(25)21-15/h2-5,7,9H,6,8,11H2,1H3,(H,22,24)(H,20,21,25). The summed E-state index contributed by atoms with van der Waals surface area (Å²) in [6.45, 7) is 0.922. The number of amides is 1. The molecule has 132 valence electrons. The summed E-state index contributed by atoms with van der Waals surface area (Å²) < 4.78 is 0. The van der Waals surface area contributed by atoms with Gasteiger partial charge in [-0.25, -0.2) is 4.98 Å². The molecule has 0 saturated carbocycles. The number of nitrogens with zero attached hydrogens (tertiary/aromatic N) is 3. The monoisotopic (exact) mass is 367 g/mol. The minimum atomic E-state index is -0.168. The maximum absolute atomic E-state index is 12.1. The zero-order valence-electron chi connectivity index (χ0n) is 14.2. The number of thiophene rings is 1. The molecule has 0 fully saturated rings. The number of carbonyl (C=O) groups is 1. The third-order valence-electron chi connectivity index (χ3n) is 3.84. The Morgan fingerprint density at radius 1 is 1.38 bits per heavy atom. The number of hydrogen-bond donors (Lipinski definition) is 2. The van der Waals surface area contributed by atoms with E-state index in [0.29, 0.717) is 40.4 Å². The summed E-state index contributed by atoms with van der Waals surface area (Å²) >= 11 is 1.32. The summed E-state index contributed by atoms with van der Waals surface area (Å²) in [5.41, 5.74) is 0.951. The second kappa shape index (κ2) is 7.91. The van der Waals surface area contributed by atoms with Crippen molar-refractivity contribution < 1.29 is 4.79 Å². The Morgan fingerprint density at radius 2 is 2.19 bits per heavy atom. The van der Waals surface area contributed by atoms with E-state index in [1.807, 2.05) is 24.1 Å². The summed E-state index contributed by atoms with van der Waals surface area (Å²) in [4.78, 5) is 33.3. The molecule has 0 radical (unpaired) electrons. The Balaban J connectivity index is 1.57. The first kappa shape index (κ1) is 17.8. The smallest absolute Gasteiger partial charge is 0.258 e. The molecule has 8 heteroatoms. The van der Waals surface area contributed by atoms with Crippen molar-refractivity contribution in [2.45, 2.75) is 13.0 Å².